The van der Waals surface area contributed by atoms with Gasteiger partial charge >= 0.3 is 0 Å². The molecule has 1 aliphatic heterocycles. The second kappa shape index (κ2) is 6.04. The number of hydrogen-bond donors (Lipinski definition) is 1. The molecule has 1 aromatic carbocycles. The summed E-state index contributed by atoms with van der Waals surface area (Å²) in [7, 11) is 4.34. The molecule has 1 heterocycles. The van der Waals surface area contributed by atoms with Gasteiger partial charge in [0.1, 0.15) is 0 Å². The third-order valence-corrected chi connectivity index (χ3v) is 4.24. The Morgan fingerprint density at radius 1 is 1.26 bits per heavy atom. The highest BCUT2D eigenvalue weighted by Gasteiger charge is 2.31. The molecule has 0 amide bonds. The number of likely N-dealkylation sites (N-methyl/N-ethyl adjacent to an activating group) is 1. The van der Waals surface area contributed by atoms with Crippen LogP contribution in [0.15, 0.2) is 24.3 Å². The van der Waals surface area contributed by atoms with Gasteiger partial charge in [0.2, 0.25) is 0 Å². The maximum Gasteiger partial charge on any atom is 0.0497 e. The minimum absolute atomic E-state index is 0.156. The van der Waals surface area contributed by atoms with E-state index in [9.17, 15) is 0 Å². The van der Waals surface area contributed by atoms with Crippen LogP contribution in [0.5, 0.6) is 0 Å². The standard InChI is InChI=1S/C16H27N3/c1-12-5-7-14(8-6-12)16(13(2)17)19-10-9-15(11-19)18(3)4/h5-8,13,15-16H,9-11,17H2,1-4H3. The average Bonchev–Trinajstić information content (AvgIpc) is 2.81. The topological polar surface area (TPSA) is 32.5 Å². The van der Waals surface area contributed by atoms with Crippen LogP contribution in [0.25, 0.3) is 0 Å². The normalized spacial score (nSPS) is 23.8. The lowest BCUT2D eigenvalue weighted by Crippen LogP contribution is -2.40. The summed E-state index contributed by atoms with van der Waals surface area (Å²) < 4.78 is 0. The van der Waals surface area contributed by atoms with Crippen LogP contribution in [0.3, 0.4) is 0 Å². The zero-order valence-corrected chi connectivity index (χ0v) is 12.6. The molecule has 2 rings (SSSR count). The predicted octanol–water partition coefficient (Wildman–Crippen LogP) is 2.02. The Bertz CT molecular complexity index is 397. The molecule has 0 aliphatic carbocycles. The summed E-state index contributed by atoms with van der Waals surface area (Å²) in [5.41, 5.74) is 8.91. The lowest BCUT2D eigenvalue weighted by molar-refractivity contribution is 0.197. The summed E-state index contributed by atoms with van der Waals surface area (Å²) in [6.45, 7) is 6.51. The van der Waals surface area contributed by atoms with E-state index in [1.54, 1.807) is 0 Å². The highest BCUT2D eigenvalue weighted by molar-refractivity contribution is 5.25. The Morgan fingerprint density at radius 3 is 2.37 bits per heavy atom. The van der Waals surface area contributed by atoms with E-state index in [2.05, 4.69) is 62.0 Å². The van der Waals surface area contributed by atoms with Gasteiger partial charge in [-0.05, 0) is 39.9 Å². The summed E-state index contributed by atoms with van der Waals surface area (Å²) >= 11 is 0. The summed E-state index contributed by atoms with van der Waals surface area (Å²) in [6.07, 6.45) is 1.24. The van der Waals surface area contributed by atoms with Crippen LogP contribution >= 0.6 is 0 Å². The molecule has 0 bridgehead atoms. The van der Waals surface area contributed by atoms with E-state index in [0.29, 0.717) is 12.1 Å². The number of benzene rings is 1. The second-order valence-electron chi connectivity index (χ2n) is 6.12. The zero-order valence-electron chi connectivity index (χ0n) is 12.6. The van der Waals surface area contributed by atoms with Crippen molar-refractivity contribution < 1.29 is 0 Å². The number of hydrogen-bond acceptors (Lipinski definition) is 3. The van der Waals surface area contributed by atoms with Gasteiger partial charge < -0.3 is 10.6 Å². The quantitative estimate of drug-likeness (QED) is 0.900. The molecule has 0 radical (unpaired) electrons. The van der Waals surface area contributed by atoms with Crippen LogP contribution in [0.1, 0.15) is 30.5 Å². The van der Waals surface area contributed by atoms with Crippen molar-refractivity contribution in [3.8, 4) is 0 Å². The Hall–Kier alpha value is -0.900. The van der Waals surface area contributed by atoms with E-state index in [0.717, 1.165) is 13.1 Å². The van der Waals surface area contributed by atoms with E-state index < -0.39 is 0 Å². The first-order valence-electron chi connectivity index (χ1n) is 7.21. The van der Waals surface area contributed by atoms with Gasteiger partial charge in [-0.3, -0.25) is 4.90 Å². The van der Waals surface area contributed by atoms with Gasteiger partial charge in [-0.2, -0.15) is 0 Å². The third-order valence-electron chi connectivity index (χ3n) is 4.24. The molecule has 19 heavy (non-hydrogen) atoms. The first kappa shape index (κ1) is 14.5. The maximum atomic E-state index is 6.25. The lowest BCUT2D eigenvalue weighted by Gasteiger charge is -2.32. The maximum absolute atomic E-state index is 6.25. The van der Waals surface area contributed by atoms with Crippen molar-refractivity contribution in [2.45, 2.75) is 38.4 Å². The fourth-order valence-corrected chi connectivity index (χ4v) is 3.05. The second-order valence-corrected chi connectivity index (χ2v) is 6.12. The van der Waals surface area contributed by atoms with Crippen molar-refractivity contribution in [3.63, 3.8) is 0 Å². The summed E-state index contributed by atoms with van der Waals surface area (Å²) in [6, 6.07) is 9.98. The van der Waals surface area contributed by atoms with Crippen LogP contribution in [0, 0.1) is 6.92 Å². The molecule has 0 spiro atoms. The zero-order chi connectivity index (χ0) is 14.0. The van der Waals surface area contributed by atoms with E-state index in [-0.39, 0.29) is 6.04 Å². The van der Waals surface area contributed by atoms with Gasteiger partial charge in [0.05, 0.1) is 0 Å². The molecule has 1 saturated heterocycles. The number of nitrogens with zero attached hydrogens (tertiary/aromatic N) is 2. The Kier molecular flexibility index (Phi) is 4.61. The van der Waals surface area contributed by atoms with E-state index >= 15 is 0 Å². The molecule has 3 heteroatoms. The largest absolute Gasteiger partial charge is 0.326 e. The molecule has 3 nitrogen and oxygen atoms in total. The van der Waals surface area contributed by atoms with Gasteiger partial charge in [0, 0.05) is 31.2 Å². The number of likely N-dealkylation sites (tertiary alicyclic amines) is 1. The van der Waals surface area contributed by atoms with Crippen molar-refractivity contribution in [3.05, 3.63) is 35.4 Å². The van der Waals surface area contributed by atoms with Gasteiger partial charge in [0.25, 0.3) is 0 Å². The van der Waals surface area contributed by atoms with Crippen LogP contribution in [0.4, 0.5) is 0 Å². The van der Waals surface area contributed by atoms with Crippen LogP contribution in [0.2, 0.25) is 0 Å². The van der Waals surface area contributed by atoms with Crippen molar-refractivity contribution in [2.24, 2.45) is 5.73 Å². The van der Waals surface area contributed by atoms with Crippen LogP contribution in [-0.4, -0.2) is 49.1 Å². The molecule has 2 N–H and O–H groups in total. The van der Waals surface area contributed by atoms with Crippen LogP contribution in [-0.2, 0) is 0 Å². The Labute approximate surface area is 117 Å². The Balaban J connectivity index is 2.15. The lowest BCUT2D eigenvalue weighted by atomic mass is 9.98. The fourth-order valence-electron chi connectivity index (χ4n) is 3.05. The average molecular weight is 261 g/mol. The summed E-state index contributed by atoms with van der Waals surface area (Å²) in [5, 5.41) is 0. The summed E-state index contributed by atoms with van der Waals surface area (Å²) in [5.74, 6) is 0. The fraction of sp³-hybridized carbons (Fsp3) is 0.625. The minimum atomic E-state index is 0.156. The molecule has 1 aliphatic rings. The summed E-state index contributed by atoms with van der Waals surface area (Å²) in [4.78, 5) is 4.87. The van der Waals surface area contributed by atoms with E-state index in [4.69, 9.17) is 5.73 Å². The molecule has 1 fully saturated rings. The Morgan fingerprint density at radius 2 is 1.89 bits per heavy atom. The SMILES string of the molecule is Cc1ccc(C(C(C)N)N2CCC(N(C)C)C2)cc1. The predicted molar refractivity (Wildman–Crippen MR) is 81.2 cm³/mol. The first-order chi connectivity index (χ1) is 8.99. The van der Waals surface area contributed by atoms with Crippen molar-refractivity contribution in [1.29, 1.82) is 0 Å². The molecule has 3 unspecified atom stereocenters. The molecular formula is C16H27N3. The van der Waals surface area contributed by atoms with Crippen molar-refractivity contribution in [2.75, 3.05) is 27.2 Å². The number of nitrogens with two attached hydrogens (primary N) is 1. The molecule has 1 aromatic rings. The van der Waals surface area contributed by atoms with Crippen LogP contribution < -0.4 is 5.73 Å². The molecule has 106 valence electrons. The molecule has 0 saturated carbocycles. The number of rotatable bonds is 4. The van der Waals surface area contributed by atoms with E-state index in [1.165, 1.54) is 17.5 Å². The monoisotopic (exact) mass is 261 g/mol. The first-order valence-corrected chi connectivity index (χ1v) is 7.21. The molecule has 3 atom stereocenters. The number of aryl methyl sites for hydroxylation is 1. The third kappa shape index (κ3) is 3.35. The van der Waals surface area contributed by atoms with Crippen molar-refractivity contribution in [1.82, 2.24) is 9.80 Å². The highest BCUT2D eigenvalue weighted by atomic mass is 15.3. The van der Waals surface area contributed by atoms with E-state index in [1.807, 2.05) is 0 Å². The minimum Gasteiger partial charge on any atom is -0.326 e. The van der Waals surface area contributed by atoms with Gasteiger partial charge in [-0.25, -0.2) is 0 Å². The molecule has 0 aromatic heterocycles. The van der Waals surface area contributed by atoms with Crippen molar-refractivity contribution >= 4 is 0 Å². The molecular weight excluding hydrogens is 234 g/mol. The van der Waals surface area contributed by atoms with Gasteiger partial charge in [-0.1, -0.05) is 29.8 Å². The van der Waals surface area contributed by atoms with Gasteiger partial charge in [0.15, 0.2) is 0 Å². The smallest absolute Gasteiger partial charge is 0.0497 e. The highest BCUT2D eigenvalue weighted by Crippen LogP contribution is 2.28. The van der Waals surface area contributed by atoms with Gasteiger partial charge in [-0.15, -0.1) is 0 Å².